The fraction of sp³-hybridized carbons (Fsp3) is 0.769. The zero-order valence-electron chi connectivity index (χ0n) is 10.5. The van der Waals surface area contributed by atoms with Crippen molar-refractivity contribution in [3.8, 4) is 0 Å². The topological polar surface area (TPSA) is 12.2 Å². The predicted octanol–water partition coefficient (Wildman–Crippen LogP) is -0.414. The Morgan fingerprint density at radius 3 is 2.75 bits per heavy atom. The summed E-state index contributed by atoms with van der Waals surface area (Å²) in [4.78, 5) is 0. The number of hydrogen-bond acceptors (Lipinski definition) is 1. The Balaban J connectivity index is 0.00000128. The zero-order valence-corrected chi connectivity index (χ0v) is 12.1. The number of ether oxygens (including phenoxy) is 1. The molecule has 0 amide bonds. The van der Waals surface area contributed by atoms with Crippen LogP contribution in [0.3, 0.4) is 0 Å². The van der Waals surface area contributed by atoms with Crippen molar-refractivity contribution >= 4 is 6.40 Å². The number of hydrogen-bond donors (Lipinski definition) is 0. The van der Waals surface area contributed by atoms with Gasteiger partial charge in [-0.25, -0.2) is 0 Å². The van der Waals surface area contributed by atoms with Crippen LogP contribution in [-0.2, 0) is 4.74 Å². The molecule has 2 aliphatic rings. The van der Waals surface area contributed by atoms with Crippen molar-refractivity contribution in [1.29, 1.82) is 0 Å². The molecule has 0 fully saturated rings. The second kappa shape index (κ2) is 5.85. The molecule has 2 nitrogen and oxygen atoms in total. The molecule has 2 rings (SSSR count). The van der Waals surface area contributed by atoms with E-state index in [0.717, 1.165) is 13.2 Å². The van der Waals surface area contributed by atoms with Crippen LogP contribution in [0.5, 0.6) is 0 Å². The Bertz CT molecular complexity index is 307. The van der Waals surface area contributed by atoms with Crippen LogP contribution in [0.15, 0.2) is 11.1 Å². The Hall–Kier alpha value is -0.310. The normalized spacial score (nSPS) is 24.5. The van der Waals surface area contributed by atoms with Crippen molar-refractivity contribution in [2.75, 3.05) is 13.2 Å². The van der Waals surface area contributed by atoms with E-state index < -0.39 is 0 Å². The Kier molecular flexibility index (Phi) is 5.03. The first-order chi connectivity index (χ1) is 7.18. The number of nitrogens with zero attached hydrogens (tertiary/aromatic N) is 1. The summed E-state index contributed by atoms with van der Waals surface area (Å²) in [5, 5.41) is 0. The van der Waals surface area contributed by atoms with Gasteiger partial charge in [0.25, 0.3) is 0 Å². The summed E-state index contributed by atoms with van der Waals surface area (Å²) < 4.78 is 7.84. The molecular weight excluding hydrogens is 266 g/mol. The fourth-order valence-corrected chi connectivity index (χ4v) is 2.53. The molecule has 16 heavy (non-hydrogen) atoms. The standard InChI is InChI=1S/C13H22NO.BrH/c1-10(2)13-8-15-9-14(13)7-12-6-4-5-11(12)3;/h9-10,13H,4-8H2,1-3H3;1H/q+1;/p-1/t13-;/m1./s1. The van der Waals surface area contributed by atoms with E-state index in [0.29, 0.717) is 12.0 Å². The lowest BCUT2D eigenvalue weighted by Gasteiger charge is -2.12. The maximum atomic E-state index is 5.45. The summed E-state index contributed by atoms with van der Waals surface area (Å²) in [6, 6.07) is 0.575. The SMILES string of the molecule is CC1=C(C[N+]2=COC[C@@H]2C(C)C)CCC1.[Br-]. The Labute approximate surface area is 109 Å². The summed E-state index contributed by atoms with van der Waals surface area (Å²) in [5.41, 5.74) is 3.25. The van der Waals surface area contributed by atoms with E-state index in [9.17, 15) is 0 Å². The minimum absolute atomic E-state index is 0. The summed E-state index contributed by atoms with van der Waals surface area (Å²) >= 11 is 0. The quantitative estimate of drug-likeness (QED) is 0.508. The third-order valence-corrected chi connectivity index (χ3v) is 3.68. The second-order valence-electron chi connectivity index (χ2n) is 5.16. The van der Waals surface area contributed by atoms with Crippen molar-refractivity contribution in [2.45, 2.75) is 46.1 Å². The minimum Gasteiger partial charge on any atom is -1.00 e. The van der Waals surface area contributed by atoms with Gasteiger partial charge in [0.05, 0.1) is 0 Å². The van der Waals surface area contributed by atoms with E-state index in [1.807, 2.05) is 6.40 Å². The smallest absolute Gasteiger partial charge is 0.324 e. The predicted molar refractivity (Wildman–Crippen MR) is 62.3 cm³/mol. The molecule has 1 aliphatic heterocycles. The van der Waals surface area contributed by atoms with Gasteiger partial charge >= 0.3 is 6.40 Å². The van der Waals surface area contributed by atoms with Gasteiger partial charge in [-0.3, -0.25) is 0 Å². The monoisotopic (exact) mass is 287 g/mol. The van der Waals surface area contributed by atoms with Crippen LogP contribution in [0.25, 0.3) is 0 Å². The zero-order chi connectivity index (χ0) is 10.8. The van der Waals surface area contributed by atoms with Gasteiger partial charge in [0.2, 0.25) is 0 Å². The molecule has 0 unspecified atom stereocenters. The van der Waals surface area contributed by atoms with Gasteiger partial charge < -0.3 is 21.7 Å². The molecule has 0 N–H and O–H groups in total. The number of rotatable bonds is 3. The van der Waals surface area contributed by atoms with Crippen LogP contribution >= 0.6 is 0 Å². The molecule has 92 valence electrons. The first-order valence-corrected chi connectivity index (χ1v) is 6.06. The average molecular weight is 288 g/mol. The maximum Gasteiger partial charge on any atom is 0.324 e. The first kappa shape index (κ1) is 13.8. The molecule has 1 heterocycles. The van der Waals surface area contributed by atoms with E-state index >= 15 is 0 Å². The third kappa shape index (κ3) is 2.88. The van der Waals surface area contributed by atoms with Crippen LogP contribution in [0.2, 0.25) is 0 Å². The molecule has 0 aromatic carbocycles. The van der Waals surface area contributed by atoms with E-state index in [1.54, 1.807) is 11.1 Å². The highest BCUT2D eigenvalue weighted by molar-refractivity contribution is 5.41. The maximum absolute atomic E-state index is 5.45. The van der Waals surface area contributed by atoms with Gasteiger partial charge in [0.1, 0.15) is 0 Å². The third-order valence-electron chi connectivity index (χ3n) is 3.68. The number of allylic oxidation sites excluding steroid dienone is 1. The largest absolute Gasteiger partial charge is 1.00 e. The van der Waals surface area contributed by atoms with Crippen molar-refractivity contribution in [2.24, 2.45) is 5.92 Å². The van der Waals surface area contributed by atoms with Crippen LogP contribution in [0, 0.1) is 5.92 Å². The fourth-order valence-electron chi connectivity index (χ4n) is 2.53. The highest BCUT2D eigenvalue weighted by Crippen LogP contribution is 2.26. The van der Waals surface area contributed by atoms with Crippen molar-refractivity contribution in [1.82, 2.24) is 0 Å². The van der Waals surface area contributed by atoms with E-state index in [1.165, 1.54) is 19.3 Å². The van der Waals surface area contributed by atoms with Crippen molar-refractivity contribution in [3.63, 3.8) is 0 Å². The minimum atomic E-state index is 0. The van der Waals surface area contributed by atoms with Gasteiger partial charge in [-0.15, -0.1) is 0 Å². The molecule has 0 saturated heterocycles. The summed E-state index contributed by atoms with van der Waals surface area (Å²) in [7, 11) is 0. The van der Waals surface area contributed by atoms with Crippen LogP contribution in [0.1, 0.15) is 40.0 Å². The van der Waals surface area contributed by atoms with Gasteiger partial charge in [-0.05, 0) is 31.8 Å². The van der Waals surface area contributed by atoms with Gasteiger partial charge in [0, 0.05) is 5.92 Å². The number of halogens is 1. The molecule has 0 bridgehead atoms. The van der Waals surface area contributed by atoms with Gasteiger partial charge in [-0.1, -0.05) is 19.4 Å². The molecule has 0 spiro atoms. The molecular formula is C13H22BrNO. The van der Waals surface area contributed by atoms with Crippen LogP contribution in [0.4, 0.5) is 0 Å². The summed E-state index contributed by atoms with van der Waals surface area (Å²) in [6.45, 7) is 8.79. The van der Waals surface area contributed by atoms with Crippen molar-refractivity contribution in [3.05, 3.63) is 11.1 Å². The van der Waals surface area contributed by atoms with E-state index in [-0.39, 0.29) is 17.0 Å². The van der Waals surface area contributed by atoms with Crippen molar-refractivity contribution < 1.29 is 26.3 Å². The average Bonchev–Trinajstić information content (AvgIpc) is 2.77. The highest BCUT2D eigenvalue weighted by Gasteiger charge is 2.31. The first-order valence-electron chi connectivity index (χ1n) is 6.06. The molecule has 0 radical (unpaired) electrons. The lowest BCUT2D eigenvalue weighted by atomic mass is 10.0. The molecule has 0 saturated carbocycles. The molecule has 0 aromatic heterocycles. The summed E-state index contributed by atoms with van der Waals surface area (Å²) in [5.74, 6) is 0.672. The Morgan fingerprint density at radius 2 is 2.19 bits per heavy atom. The van der Waals surface area contributed by atoms with Gasteiger partial charge in [0.15, 0.2) is 19.2 Å². The summed E-state index contributed by atoms with van der Waals surface area (Å²) in [6.07, 6.45) is 5.88. The van der Waals surface area contributed by atoms with Crippen LogP contribution in [-0.4, -0.2) is 30.2 Å². The lowest BCUT2D eigenvalue weighted by molar-refractivity contribution is -0.552. The second-order valence-corrected chi connectivity index (χ2v) is 5.16. The van der Waals surface area contributed by atoms with Gasteiger partial charge in [-0.2, -0.15) is 4.58 Å². The molecule has 3 heteroatoms. The van der Waals surface area contributed by atoms with Crippen LogP contribution < -0.4 is 17.0 Å². The molecule has 1 atom stereocenters. The Morgan fingerprint density at radius 1 is 1.44 bits per heavy atom. The van der Waals surface area contributed by atoms with E-state index in [4.69, 9.17) is 4.74 Å². The lowest BCUT2D eigenvalue weighted by Crippen LogP contribution is -3.00. The molecule has 0 aromatic rings. The molecule has 1 aliphatic carbocycles. The van der Waals surface area contributed by atoms with E-state index in [2.05, 4.69) is 25.3 Å². The highest BCUT2D eigenvalue weighted by atomic mass is 79.9.